The van der Waals surface area contributed by atoms with Crippen molar-refractivity contribution in [2.45, 2.75) is 31.7 Å². The SMILES string of the molecule is CC[n+]1c(SC)sc(C)c1C. The van der Waals surface area contributed by atoms with Gasteiger partial charge < -0.3 is 0 Å². The zero-order chi connectivity index (χ0) is 8.43. The van der Waals surface area contributed by atoms with Gasteiger partial charge in [-0.15, -0.1) is 0 Å². The maximum Gasteiger partial charge on any atom is 0.297 e. The van der Waals surface area contributed by atoms with Crippen molar-refractivity contribution in [3.63, 3.8) is 0 Å². The van der Waals surface area contributed by atoms with Crippen molar-refractivity contribution in [2.24, 2.45) is 0 Å². The molecule has 0 aromatic carbocycles. The summed E-state index contributed by atoms with van der Waals surface area (Å²) < 4.78 is 3.78. The molecule has 1 aromatic rings. The fraction of sp³-hybridized carbons (Fsp3) is 0.625. The Balaban J connectivity index is 3.15. The van der Waals surface area contributed by atoms with Crippen molar-refractivity contribution in [1.82, 2.24) is 0 Å². The molecule has 0 aliphatic heterocycles. The summed E-state index contributed by atoms with van der Waals surface area (Å²) >= 11 is 3.73. The molecular formula is C8H14NS2+. The van der Waals surface area contributed by atoms with Gasteiger partial charge in [0, 0.05) is 6.92 Å². The number of nitrogens with zero attached hydrogens (tertiary/aromatic N) is 1. The van der Waals surface area contributed by atoms with Crippen molar-refractivity contribution in [1.29, 1.82) is 0 Å². The number of aryl methyl sites for hydroxylation is 1. The minimum Gasteiger partial charge on any atom is -0.181 e. The lowest BCUT2D eigenvalue weighted by Crippen LogP contribution is -2.35. The first kappa shape index (κ1) is 9.07. The van der Waals surface area contributed by atoms with Gasteiger partial charge in [0.25, 0.3) is 4.34 Å². The Morgan fingerprint density at radius 2 is 2.09 bits per heavy atom. The molecule has 0 atom stereocenters. The van der Waals surface area contributed by atoms with Crippen molar-refractivity contribution in [3.8, 4) is 0 Å². The van der Waals surface area contributed by atoms with Gasteiger partial charge in [0.15, 0.2) is 5.69 Å². The minimum atomic E-state index is 1.09. The van der Waals surface area contributed by atoms with Crippen LogP contribution in [0.15, 0.2) is 4.34 Å². The van der Waals surface area contributed by atoms with E-state index in [9.17, 15) is 0 Å². The standard InChI is InChI=1S/C8H14NS2/c1-5-9-6(2)7(3)11-8(9)10-4/h5H2,1-4H3/q+1. The van der Waals surface area contributed by atoms with Crippen molar-refractivity contribution < 1.29 is 4.57 Å². The van der Waals surface area contributed by atoms with Gasteiger partial charge in [0.2, 0.25) is 0 Å². The van der Waals surface area contributed by atoms with E-state index < -0.39 is 0 Å². The van der Waals surface area contributed by atoms with Crippen LogP contribution in [-0.4, -0.2) is 6.26 Å². The molecule has 11 heavy (non-hydrogen) atoms. The lowest BCUT2D eigenvalue weighted by atomic mass is 10.4. The maximum absolute atomic E-state index is 2.37. The molecule has 3 heteroatoms. The molecule has 0 radical (unpaired) electrons. The zero-order valence-electron chi connectivity index (χ0n) is 7.47. The molecule has 0 unspecified atom stereocenters. The second-order valence-corrected chi connectivity index (χ2v) is 4.71. The van der Waals surface area contributed by atoms with E-state index in [1.54, 1.807) is 0 Å². The lowest BCUT2D eigenvalue weighted by Gasteiger charge is -1.91. The molecular weight excluding hydrogens is 174 g/mol. The van der Waals surface area contributed by atoms with Crippen LogP contribution in [0, 0.1) is 13.8 Å². The summed E-state index contributed by atoms with van der Waals surface area (Å²) in [6.07, 6.45) is 2.14. The van der Waals surface area contributed by atoms with Crippen LogP contribution in [0.1, 0.15) is 17.5 Å². The van der Waals surface area contributed by atoms with Gasteiger partial charge in [0.05, 0.1) is 4.88 Å². The average Bonchev–Trinajstić information content (AvgIpc) is 2.28. The number of thioether (sulfide) groups is 1. The van der Waals surface area contributed by atoms with E-state index in [4.69, 9.17) is 0 Å². The molecule has 1 nitrogen and oxygen atoms in total. The summed E-state index contributed by atoms with van der Waals surface area (Å²) in [5.74, 6) is 0. The van der Waals surface area contributed by atoms with E-state index >= 15 is 0 Å². The third-order valence-electron chi connectivity index (χ3n) is 1.87. The Hall–Kier alpha value is -0.0200. The fourth-order valence-electron chi connectivity index (χ4n) is 1.11. The largest absolute Gasteiger partial charge is 0.297 e. The first-order valence-electron chi connectivity index (χ1n) is 3.74. The molecule has 0 N–H and O–H groups in total. The summed E-state index contributed by atoms with van der Waals surface area (Å²) in [5, 5.41) is 0. The predicted molar refractivity (Wildman–Crippen MR) is 51.4 cm³/mol. The number of hydrogen-bond acceptors (Lipinski definition) is 2. The average molecular weight is 188 g/mol. The molecule has 1 aromatic heterocycles. The van der Waals surface area contributed by atoms with Gasteiger partial charge in [-0.3, -0.25) is 0 Å². The van der Waals surface area contributed by atoms with E-state index in [-0.39, 0.29) is 0 Å². The molecule has 0 aliphatic carbocycles. The number of rotatable bonds is 2. The Kier molecular flexibility index (Phi) is 2.96. The molecule has 0 fully saturated rings. The van der Waals surface area contributed by atoms with E-state index in [1.807, 2.05) is 23.1 Å². The molecule has 0 saturated carbocycles. The molecule has 0 amide bonds. The lowest BCUT2D eigenvalue weighted by molar-refractivity contribution is -0.728. The normalized spacial score (nSPS) is 10.5. The summed E-state index contributed by atoms with van der Waals surface area (Å²) in [4.78, 5) is 1.44. The summed E-state index contributed by atoms with van der Waals surface area (Å²) in [5.41, 5.74) is 1.42. The van der Waals surface area contributed by atoms with Gasteiger partial charge in [0.1, 0.15) is 6.54 Å². The Morgan fingerprint density at radius 3 is 2.45 bits per heavy atom. The second kappa shape index (κ2) is 3.59. The number of thiazole rings is 1. The van der Waals surface area contributed by atoms with Crippen LogP contribution in [0.5, 0.6) is 0 Å². The van der Waals surface area contributed by atoms with Crippen LogP contribution in [0.3, 0.4) is 0 Å². The summed E-state index contributed by atoms with van der Waals surface area (Å²) in [6.45, 7) is 7.66. The monoisotopic (exact) mass is 188 g/mol. The Labute approximate surface area is 76.4 Å². The highest BCUT2D eigenvalue weighted by atomic mass is 32.2. The zero-order valence-corrected chi connectivity index (χ0v) is 9.10. The molecule has 0 bridgehead atoms. The maximum atomic E-state index is 2.37. The topological polar surface area (TPSA) is 3.88 Å². The first-order valence-corrected chi connectivity index (χ1v) is 5.78. The highest BCUT2D eigenvalue weighted by Gasteiger charge is 2.17. The van der Waals surface area contributed by atoms with E-state index in [1.165, 1.54) is 14.9 Å². The molecule has 0 spiro atoms. The van der Waals surface area contributed by atoms with Gasteiger partial charge >= 0.3 is 0 Å². The van der Waals surface area contributed by atoms with E-state index in [0.717, 1.165) is 6.54 Å². The molecule has 0 aliphatic rings. The van der Waals surface area contributed by atoms with Crippen LogP contribution >= 0.6 is 23.1 Å². The molecule has 1 rings (SSSR count). The highest BCUT2D eigenvalue weighted by Crippen LogP contribution is 2.22. The third-order valence-corrected chi connectivity index (χ3v) is 4.18. The van der Waals surface area contributed by atoms with Crippen LogP contribution in [-0.2, 0) is 6.54 Å². The predicted octanol–water partition coefficient (Wildman–Crippen LogP) is 2.39. The quantitative estimate of drug-likeness (QED) is 0.509. The van der Waals surface area contributed by atoms with E-state index in [0.29, 0.717) is 0 Å². The van der Waals surface area contributed by atoms with Crippen LogP contribution in [0.2, 0.25) is 0 Å². The minimum absolute atomic E-state index is 1.09. The molecule has 1 heterocycles. The van der Waals surface area contributed by atoms with Gasteiger partial charge in [-0.2, -0.15) is 4.57 Å². The molecule has 0 saturated heterocycles. The smallest absolute Gasteiger partial charge is 0.181 e. The first-order chi connectivity index (χ1) is 5.20. The van der Waals surface area contributed by atoms with Crippen molar-refractivity contribution in [2.75, 3.05) is 6.26 Å². The summed E-state index contributed by atoms with van der Waals surface area (Å²) in [6, 6.07) is 0. The third kappa shape index (κ3) is 1.59. The highest BCUT2D eigenvalue weighted by molar-refractivity contribution is 8.00. The van der Waals surface area contributed by atoms with Crippen LogP contribution in [0.25, 0.3) is 0 Å². The van der Waals surface area contributed by atoms with Crippen molar-refractivity contribution in [3.05, 3.63) is 10.6 Å². The van der Waals surface area contributed by atoms with E-state index in [2.05, 4.69) is 31.6 Å². The Morgan fingerprint density at radius 1 is 1.45 bits per heavy atom. The number of hydrogen-bond donors (Lipinski definition) is 0. The molecule has 62 valence electrons. The van der Waals surface area contributed by atoms with Crippen LogP contribution in [0.4, 0.5) is 0 Å². The van der Waals surface area contributed by atoms with Crippen molar-refractivity contribution >= 4 is 23.1 Å². The Bertz CT molecular complexity index is 253. The van der Waals surface area contributed by atoms with Crippen LogP contribution < -0.4 is 4.57 Å². The second-order valence-electron chi connectivity index (χ2n) is 2.46. The van der Waals surface area contributed by atoms with Gasteiger partial charge in [-0.25, -0.2) is 0 Å². The number of aromatic nitrogens is 1. The van der Waals surface area contributed by atoms with Gasteiger partial charge in [-0.1, -0.05) is 11.3 Å². The fourth-order valence-corrected chi connectivity index (χ4v) is 3.20. The summed E-state index contributed by atoms with van der Waals surface area (Å²) in [7, 11) is 0. The van der Waals surface area contributed by atoms with Gasteiger partial charge in [-0.05, 0) is 31.9 Å².